The van der Waals surface area contributed by atoms with Crippen molar-refractivity contribution in [1.82, 2.24) is 0 Å². The van der Waals surface area contributed by atoms with Crippen LogP contribution in [0.3, 0.4) is 0 Å². The van der Waals surface area contributed by atoms with Crippen molar-refractivity contribution in [3.05, 3.63) is 10.4 Å². The van der Waals surface area contributed by atoms with Gasteiger partial charge in [0.25, 0.3) is 0 Å². The fourth-order valence-corrected chi connectivity index (χ4v) is 0.786. The first-order chi connectivity index (χ1) is 2.77. The third-order valence-corrected chi connectivity index (χ3v) is 1.57. The summed E-state index contributed by atoms with van der Waals surface area (Å²) in [5.74, 6) is 0. The summed E-state index contributed by atoms with van der Waals surface area (Å²) in [7, 11) is 0. The quantitative estimate of drug-likeness (QED) is 0.533. The maximum absolute atomic E-state index is 8.08. The molecule has 0 amide bonds. The summed E-state index contributed by atoms with van der Waals surface area (Å²) in [5, 5.41) is 0. The van der Waals surface area contributed by atoms with Gasteiger partial charge < -0.3 is 0 Å². The van der Waals surface area contributed by atoms with Crippen molar-refractivity contribution in [2.45, 2.75) is 0 Å². The Kier molecular flexibility index (Phi) is 4.00. The maximum atomic E-state index is 8.08. The molecule has 0 atom stereocenters. The van der Waals surface area contributed by atoms with Crippen LogP contribution < -0.4 is 0 Å². The van der Waals surface area contributed by atoms with Gasteiger partial charge in [0, 0.05) is 0 Å². The van der Waals surface area contributed by atoms with Crippen LogP contribution in [0.25, 0.3) is 0 Å². The molecule has 0 aliphatic heterocycles. The molecule has 36 valence electrons. The van der Waals surface area contributed by atoms with Crippen LogP contribution in [-0.2, 0) is 0 Å². The molecule has 0 aliphatic rings. The summed E-state index contributed by atoms with van der Waals surface area (Å²) in [5.41, 5.74) is 1.11. The van der Waals surface area contributed by atoms with Gasteiger partial charge in [-0.25, -0.2) is 0 Å². The second kappa shape index (κ2) is 3.69. The molecule has 0 unspecified atom stereocenters. The van der Waals surface area contributed by atoms with Crippen LogP contribution in [0.2, 0.25) is 0 Å². The van der Waals surface area contributed by atoms with Crippen LogP contribution >= 0.6 is 11.6 Å². The third kappa shape index (κ3) is 4.51. The Balaban J connectivity index is 3.03. The topological polar surface area (TPSA) is 40.5 Å². The Morgan fingerprint density at radius 1 is 1.50 bits per heavy atom. The van der Waals surface area contributed by atoms with E-state index in [0.717, 1.165) is 5.54 Å². The molecule has 0 radical (unpaired) electrons. The minimum atomic E-state index is -2.54. The summed E-state index contributed by atoms with van der Waals surface area (Å²) < 4.78 is 16.2. The Morgan fingerprint density at radius 2 is 2.00 bits per heavy atom. The van der Waals surface area contributed by atoms with Crippen LogP contribution in [-0.4, -0.2) is 23.5 Å². The van der Waals surface area contributed by atoms with Gasteiger partial charge >= 0.3 is 45.5 Å². The van der Waals surface area contributed by atoms with Gasteiger partial charge in [-0.3, -0.25) is 0 Å². The third-order valence-electron chi connectivity index (χ3n) is 0.190. The standard InChI is InChI=1S/C2H4AsClO2/c4-2-1-3(5)6/h1-2,5-6H/b2-1+. The molecule has 0 saturated carbocycles. The van der Waals surface area contributed by atoms with Gasteiger partial charge in [-0.2, -0.15) is 0 Å². The van der Waals surface area contributed by atoms with E-state index in [0.29, 0.717) is 0 Å². The number of halogens is 1. The van der Waals surface area contributed by atoms with Crippen molar-refractivity contribution < 1.29 is 8.19 Å². The molecular formula is C2H4AsClO2. The monoisotopic (exact) mass is 170 g/mol. The van der Waals surface area contributed by atoms with Gasteiger partial charge in [0.1, 0.15) is 0 Å². The van der Waals surface area contributed by atoms with E-state index in [1.165, 1.54) is 4.86 Å². The molecule has 0 aliphatic carbocycles. The second-order valence-corrected chi connectivity index (χ2v) is 2.82. The van der Waals surface area contributed by atoms with Crippen LogP contribution in [0, 0.1) is 0 Å². The van der Waals surface area contributed by atoms with Crippen molar-refractivity contribution in [3.8, 4) is 0 Å². The molecule has 0 rings (SSSR count). The molecule has 0 saturated heterocycles. The van der Waals surface area contributed by atoms with Gasteiger partial charge in [0.15, 0.2) is 0 Å². The van der Waals surface area contributed by atoms with Gasteiger partial charge in [-0.05, 0) is 0 Å². The molecule has 4 heteroatoms. The van der Waals surface area contributed by atoms with Gasteiger partial charge in [-0.1, -0.05) is 0 Å². The molecule has 0 fully saturated rings. The molecule has 2 nitrogen and oxygen atoms in total. The van der Waals surface area contributed by atoms with Crippen LogP contribution in [0.5, 0.6) is 0 Å². The summed E-state index contributed by atoms with van der Waals surface area (Å²) in [4.78, 5) is 1.19. The molecule has 6 heavy (non-hydrogen) atoms. The fourth-order valence-electron chi connectivity index (χ4n) is 0.0504. The number of rotatable bonds is 1. The molecular weight excluding hydrogens is 166 g/mol. The first-order valence-electron chi connectivity index (χ1n) is 1.21. The molecule has 0 aromatic heterocycles. The van der Waals surface area contributed by atoms with Gasteiger partial charge in [-0.15, -0.1) is 0 Å². The summed E-state index contributed by atoms with van der Waals surface area (Å²) in [6.45, 7) is 0. The van der Waals surface area contributed by atoms with E-state index in [1.807, 2.05) is 0 Å². The average molecular weight is 170 g/mol. The van der Waals surface area contributed by atoms with E-state index in [-0.39, 0.29) is 0 Å². The summed E-state index contributed by atoms with van der Waals surface area (Å²) in [6, 6.07) is 0. The number of hydrogen-bond acceptors (Lipinski definition) is 2. The molecule has 0 aromatic rings. The second-order valence-electron chi connectivity index (χ2n) is 0.595. The predicted octanol–water partition coefficient (Wildman–Crippen LogP) is -0.249. The van der Waals surface area contributed by atoms with Crippen molar-refractivity contribution in [2.24, 2.45) is 0 Å². The zero-order valence-electron chi connectivity index (χ0n) is 2.87. The van der Waals surface area contributed by atoms with E-state index in [4.69, 9.17) is 19.8 Å². The van der Waals surface area contributed by atoms with Crippen molar-refractivity contribution in [2.75, 3.05) is 0 Å². The Morgan fingerprint density at radius 3 is 2.00 bits per heavy atom. The molecule has 2 N–H and O–H groups in total. The predicted molar refractivity (Wildman–Crippen MR) is 25.2 cm³/mol. The average Bonchev–Trinajstić information content (AvgIpc) is 1.35. The van der Waals surface area contributed by atoms with Crippen LogP contribution in [0.4, 0.5) is 0 Å². The van der Waals surface area contributed by atoms with Gasteiger partial charge in [0.05, 0.1) is 0 Å². The normalized spacial score (nSPS) is 11.3. The Bertz CT molecular complexity index is 53.5. The zero-order chi connectivity index (χ0) is 4.99. The van der Waals surface area contributed by atoms with E-state index in [9.17, 15) is 0 Å². The Hall–Kier alpha value is 0.508. The zero-order valence-corrected chi connectivity index (χ0v) is 5.51. The summed E-state index contributed by atoms with van der Waals surface area (Å²) >= 11 is 2.40. The molecule has 0 heterocycles. The molecule has 0 spiro atoms. The van der Waals surface area contributed by atoms with Crippen LogP contribution in [0.15, 0.2) is 10.4 Å². The Labute approximate surface area is 46.0 Å². The van der Waals surface area contributed by atoms with E-state index in [1.54, 1.807) is 0 Å². The first kappa shape index (κ1) is 6.51. The van der Waals surface area contributed by atoms with E-state index < -0.39 is 15.3 Å². The fraction of sp³-hybridized carbons (Fsp3) is 0. The first-order valence-corrected chi connectivity index (χ1v) is 4.41. The minimum absolute atomic E-state index is 1.11. The molecule has 0 bridgehead atoms. The van der Waals surface area contributed by atoms with Gasteiger partial charge in [0.2, 0.25) is 0 Å². The summed E-state index contributed by atoms with van der Waals surface area (Å²) in [6.07, 6.45) is 0. The van der Waals surface area contributed by atoms with Crippen molar-refractivity contribution >= 4 is 26.9 Å². The van der Waals surface area contributed by atoms with Crippen LogP contribution in [0.1, 0.15) is 0 Å². The molecule has 0 aromatic carbocycles. The number of hydrogen-bond donors (Lipinski definition) is 2. The van der Waals surface area contributed by atoms with E-state index >= 15 is 0 Å². The van der Waals surface area contributed by atoms with Crippen molar-refractivity contribution in [3.63, 3.8) is 0 Å². The van der Waals surface area contributed by atoms with Crippen molar-refractivity contribution in [1.29, 1.82) is 0 Å². The van der Waals surface area contributed by atoms with E-state index in [2.05, 4.69) is 0 Å². The SMILES string of the molecule is O[As](O)/C=C/Cl.